The van der Waals surface area contributed by atoms with Crippen molar-refractivity contribution in [3.63, 3.8) is 0 Å². The number of amides is 1. The van der Waals surface area contributed by atoms with Crippen LogP contribution in [0, 0.1) is 6.92 Å². The van der Waals surface area contributed by atoms with Gasteiger partial charge in [-0.25, -0.2) is 4.79 Å². The van der Waals surface area contributed by atoms with Crippen LogP contribution in [0.5, 0.6) is 5.75 Å². The predicted octanol–water partition coefficient (Wildman–Crippen LogP) is 1.51. The molecule has 0 aliphatic carbocycles. The number of likely N-dealkylation sites (N-methyl/N-ethyl adjacent to an activating group) is 2. The molecule has 1 unspecified atom stereocenters. The highest BCUT2D eigenvalue weighted by Crippen LogP contribution is 2.28. The maximum Gasteiger partial charge on any atom is 0.340 e. The summed E-state index contributed by atoms with van der Waals surface area (Å²) < 4.78 is 10.7. The van der Waals surface area contributed by atoms with Gasteiger partial charge in [0.1, 0.15) is 5.75 Å². The van der Waals surface area contributed by atoms with E-state index in [4.69, 9.17) is 9.47 Å². The largest absolute Gasteiger partial charge is 0.497 e. The van der Waals surface area contributed by atoms with Gasteiger partial charge in [-0.15, -0.1) is 0 Å². The number of rotatable bonds is 6. The van der Waals surface area contributed by atoms with Gasteiger partial charge in [-0.05, 0) is 31.7 Å². The molecule has 2 rings (SSSR count). The second-order valence-corrected chi connectivity index (χ2v) is 6.67. The van der Waals surface area contributed by atoms with E-state index in [0.29, 0.717) is 15.9 Å². The molecular weight excluding hydrogens is 322 g/mol. The van der Waals surface area contributed by atoms with E-state index in [0.717, 1.165) is 31.5 Å². The van der Waals surface area contributed by atoms with Crippen molar-refractivity contribution >= 4 is 17.6 Å². The smallest absolute Gasteiger partial charge is 0.340 e. The summed E-state index contributed by atoms with van der Waals surface area (Å²) in [5, 5.41) is 6.05. The molecule has 1 atom stereocenters. The Morgan fingerprint density at radius 1 is 1.20 bits per heavy atom. The second kappa shape index (κ2) is 7.84. The number of nitrogens with one attached hydrogen (secondary N) is 2. The van der Waals surface area contributed by atoms with E-state index in [1.807, 2.05) is 6.92 Å². The summed E-state index contributed by atoms with van der Waals surface area (Å²) in [7, 11) is 6.71. The van der Waals surface area contributed by atoms with Crippen LogP contribution in [-0.2, 0) is 9.53 Å². The van der Waals surface area contributed by atoms with Crippen LogP contribution in [0.1, 0.15) is 28.8 Å². The minimum absolute atomic E-state index is 0.162. The summed E-state index contributed by atoms with van der Waals surface area (Å²) >= 11 is 0. The average molecular weight is 350 g/mol. The van der Waals surface area contributed by atoms with Gasteiger partial charge in [0.25, 0.3) is 5.91 Å². The van der Waals surface area contributed by atoms with Crippen molar-refractivity contribution in [3.8, 4) is 5.75 Å². The Morgan fingerprint density at radius 2 is 1.84 bits per heavy atom. The molecule has 0 bridgehead atoms. The second-order valence-electron chi connectivity index (χ2n) is 6.67. The van der Waals surface area contributed by atoms with Gasteiger partial charge < -0.3 is 19.3 Å². The van der Waals surface area contributed by atoms with Crippen LogP contribution in [-0.4, -0.2) is 63.9 Å². The number of carbonyl (C=O) groups excluding carboxylic acids is 2. The quantitative estimate of drug-likeness (QED) is 0.601. The van der Waals surface area contributed by atoms with Crippen LogP contribution in [0.3, 0.4) is 0 Å². The monoisotopic (exact) mass is 350 g/mol. The van der Waals surface area contributed by atoms with Crippen LogP contribution in [0.15, 0.2) is 12.1 Å². The van der Waals surface area contributed by atoms with Crippen molar-refractivity contribution in [1.29, 1.82) is 0 Å². The zero-order chi connectivity index (χ0) is 18.6. The number of anilines is 1. The first-order chi connectivity index (χ1) is 11.9. The number of esters is 1. The van der Waals surface area contributed by atoms with Gasteiger partial charge in [0.05, 0.1) is 45.6 Å². The molecule has 138 valence electrons. The molecule has 1 amide bonds. The van der Waals surface area contributed by atoms with Crippen molar-refractivity contribution in [2.24, 2.45) is 0 Å². The van der Waals surface area contributed by atoms with E-state index in [-0.39, 0.29) is 17.6 Å². The fourth-order valence-corrected chi connectivity index (χ4v) is 3.54. The number of likely N-dealkylation sites (tertiary alicyclic amines) is 1. The molecule has 0 saturated carbocycles. The van der Waals surface area contributed by atoms with Gasteiger partial charge in [0.2, 0.25) is 6.17 Å². The standard InChI is InChI=1S/C18H27N3O4/c1-12-10-13(24-4)11-14(18(23)25-5)15(12)20-17(22)16(19-2)21(3)8-6-7-9-21/h10-11,16,19H,6-9H2,1-5H3/p+1. The highest BCUT2D eigenvalue weighted by atomic mass is 16.5. The number of hydrogen-bond acceptors (Lipinski definition) is 5. The first-order valence-electron chi connectivity index (χ1n) is 8.45. The molecule has 2 N–H and O–H groups in total. The lowest BCUT2D eigenvalue weighted by molar-refractivity contribution is -0.915. The Bertz CT molecular complexity index is 654. The fourth-order valence-electron chi connectivity index (χ4n) is 3.54. The SMILES string of the molecule is CNC(C(=O)Nc1c(C)cc(OC)cc1C(=O)OC)[N+]1(C)CCCC1. The van der Waals surface area contributed by atoms with Crippen molar-refractivity contribution in [1.82, 2.24) is 5.32 Å². The van der Waals surface area contributed by atoms with Gasteiger partial charge >= 0.3 is 5.97 Å². The third-order valence-corrected chi connectivity index (χ3v) is 4.93. The summed E-state index contributed by atoms with van der Waals surface area (Å²) in [4.78, 5) is 25.1. The van der Waals surface area contributed by atoms with E-state index < -0.39 is 5.97 Å². The summed E-state index contributed by atoms with van der Waals surface area (Å²) in [5.41, 5.74) is 1.49. The molecule has 1 aromatic carbocycles. The number of quaternary nitrogens is 1. The van der Waals surface area contributed by atoms with Gasteiger partial charge in [-0.2, -0.15) is 0 Å². The molecule has 1 fully saturated rings. The molecule has 25 heavy (non-hydrogen) atoms. The number of hydrogen-bond donors (Lipinski definition) is 2. The van der Waals surface area contributed by atoms with Crippen molar-refractivity contribution in [2.75, 3.05) is 46.7 Å². The fraction of sp³-hybridized carbons (Fsp3) is 0.556. The average Bonchev–Trinajstić information content (AvgIpc) is 3.03. The Labute approximate surface area is 148 Å². The number of aryl methyl sites for hydroxylation is 1. The number of methoxy groups -OCH3 is 2. The van der Waals surface area contributed by atoms with Gasteiger partial charge in [0.15, 0.2) is 0 Å². The molecule has 0 aromatic heterocycles. The molecule has 0 radical (unpaired) electrons. The van der Waals surface area contributed by atoms with E-state index in [9.17, 15) is 9.59 Å². The highest BCUT2D eigenvalue weighted by molar-refractivity contribution is 6.03. The predicted molar refractivity (Wildman–Crippen MR) is 95.7 cm³/mol. The summed E-state index contributed by atoms with van der Waals surface area (Å²) in [6.45, 7) is 3.72. The van der Waals surface area contributed by atoms with Gasteiger partial charge in [-0.1, -0.05) is 0 Å². The summed E-state index contributed by atoms with van der Waals surface area (Å²) in [6.07, 6.45) is 1.84. The summed E-state index contributed by atoms with van der Waals surface area (Å²) in [6, 6.07) is 3.36. The molecule has 7 nitrogen and oxygen atoms in total. The minimum atomic E-state index is -0.514. The zero-order valence-corrected chi connectivity index (χ0v) is 15.6. The van der Waals surface area contributed by atoms with E-state index in [2.05, 4.69) is 17.7 Å². The molecule has 0 spiro atoms. The zero-order valence-electron chi connectivity index (χ0n) is 15.6. The topological polar surface area (TPSA) is 76.7 Å². The Kier molecular flexibility index (Phi) is 6.02. The van der Waals surface area contributed by atoms with Gasteiger partial charge in [-0.3, -0.25) is 10.1 Å². The van der Waals surface area contributed by atoms with E-state index in [1.54, 1.807) is 19.2 Å². The number of benzene rings is 1. The first-order valence-corrected chi connectivity index (χ1v) is 8.45. The maximum atomic E-state index is 12.9. The van der Waals surface area contributed by atoms with E-state index in [1.165, 1.54) is 14.2 Å². The lowest BCUT2D eigenvalue weighted by Crippen LogP contribution is -2.61. The third kappa shape index (κ3) is 3.93. The van der Waals surface area contributed by atoms with E-state index >= 15 is 0 Å². The number of nitrogens with zero attached hydrogens (tertiary/aromatic N) is 1. The summed E-state index contributed by atoms with van der Waals surface area (Å²) in [5.74, 6) is -0.134. The number of carbonyl (C=O) groups is 2. The molecular formula is C18H28N3O4+. The third-order valence-electron chi connectivity index (χ3n) is 4.93. The molecule has 1 heterocycles. The van der Waals surface area contributed by atoms with Crippen molar-refractivity contribution < 1.29 is 23.5 Å². The van der Waals surface area contributed by atoms with Crippen LogP contribution < -0.4 is 15.4 Å². The lowest BCUT2D eigenvalue weighted by Gasteiger charge is -2.36. The van der Waals surface area contributed by atoms with Crippen LogP contribution in [0.25, 0.3) is 0 Å². The molecule has 1 aliphatic heterocycles. The molecule has 1 aromatic rings. The number of ether oxygens (including phenoxy) is 2. The minimum Gasteiger partial charge on any atom is -0.497 e. The molecule has 1 aliphatic rings. The van der Waals surface area contributed by atoms with Gasteiger partial charge in [0, 0.05) is 12.8 Å². The van der Waals surface area contributed by atoms with Crippen LogP contribution in [0.2, 0.25) is 0 Å². The maximum absolute atomic E-state index is 12.9. The normalized spacial score (nSPS) is 17.0. The highest BCUT2D eigenvalue weighted by Gasteiger charge is 2.40. The Hall–Kier alpha value is -2.12. The first kappa shape index (κ1) is 19.2. The van der Waals surface area contributed by atoms with Crippen molar-refractivity contribution in [3.05, 3.63) is 23.3 Å². The Balaban J connectivity index is 2.34. The molecule has 1 saturated heterocycles. The van der Waals surface area contributed by atoms with Crippen molar-refractivity contribution in [2.45, 2.75) is 25.9 Å². The Morgan fingerprint density at radius 3 is 2.36 bits per heavy atom. The van der Waals surface area contributed by atoms with Crippen LogP contribution in [0.4, 0.5) is 5.69 Å². The van der Waals surface area contributed by atoms with Crippen LogP contribution >= 0.6 is 0 Å². The molecule has 7 heteroatoms. The lowest BCUT2D eigenvalue weighted by atomic mass is 10.1.